The molecular formula is C15H26N2OS. The van der Waals surface area contributed by atoms with Crippen molar-refractivity contribution in [1.82, 2.24) is 4.98 Å². The molecule has 0 amide bonds. The third-order valence-corrected chi connectivity index (χ3v) is 5.39. The number of nitrogens with zero attached hydrogens (tertiary/aromatic N) is 2. The summed E-state index contributed by atoms with van der Waals surface area (Å²) < 4.78 is 0. The molecule has 1 aliphatic carbocycles. The fourth-order valence-corrected chi connectivity index (χ4v) is 3.96. The highest BCUT2D eigenvalue weighted by molar-refractivity contribution is 7.15. The first-order valence-corrected chi connectivity index (χ1v) is 8.17. The van der Waals surface area contributed by atoms with Crippen LogP contribution < -0.4 is 4.90 Å². The lowest BCUT2D eigenvalue weighted by molar-refractivity contribution is 0.283. The highest BCUT2D eigenvalue weighted by Gasteiger charge is 2.25. The molecule has 2 rings (SSSR count). The smallest absolute Gasteiger partial charge is 0.185 e. The molecule has 0 saturated heterocycles. The van der Waals surface area contributed by atoms with E-state index in [1.54, 1.807) is 11.3 Å². The fraction of sp³-hybridized carbons (Fsp3) is 0.800. The summed E-state index contributed by atoms with van der Waals surface area (Å²) in [4.78, 5) is 8.12. The Bertz CT molecular complexity index is 408. The third kappa shape index (κ3) is 3.29. The molecule has 0 unspecified atom stereocenters. The van der Waals surface area contributed by atoms with Gasteiger partial charge in [0.15, 0.2) is 5.13 Å². The number of hydrogen-bond acceptors (Lipinski definition) is 4. The third-order valence-electron chi connectivity index (χ3n) is 4.24. The highest BCUT2D eigenvalue weighted by Crippen LogP contribution is 2.34. The molecule has 0 atom stereocenters. The summed E-state index contributed by atoms with van der Waals surface area (Å²) in [7, 11) is 2.16. The molecule has 0 radical (unpaired) electrons. The van der Waals surface area contributed by atoms with Crippen LogP contribution in [0.1, 0.15) is 62.9 Å². The molecule has 1 aromatic rings. The van der Waals surface area contributed by atoms with Crippen LogP contribution in [0, 0.1) is 5.92 Å². The van der Waals surface area contributed by atoms with Gasteiger partial charge in [0.05, 0.1) is 17.2 Å². The van der Waals surface area contributed by atoms with Crippen molar-refractivity contribution in [3.8, 4) is 0 Å². The van der Waals surface area contributed by atoms with Gasteiger partial charge in [-0.2, -0.15) is 0 Å². The van der Waals surface area contributed by atoms with Crippen molar-refractivity contribution in [1.29, 1.82) is 0 Å². The maximum absolute atomic E-state index is 9.46. The van der Waals surface area contributed by atoms with E-state index in [1.807, 2.05) is 0 Å². The molecule has 3 nitrogen and oxygen atoms in total. The Balaban J connectivity index is 2.12. The molecule has 0 aromatic carbocycles. The number of anilines is 1. The van der Waals surface area contributed by atoms with Crippen LogP contribution in [0.4, 0.5) is 5.13 Å². The van der Waals surface area contributed by atoms with Gasteiger partial charge in [0.25, 0.3) is 0 Å². The molecule has 19 heavy (non-hydrogen) atoms. The highest BCUT2D eigenvalue weighted by atomic mass is 32.1. The van der Waals surface area contributed by atoms with Gasteiger partial charge in [0.2, 0.25) is 0 Å². The van der Waals surface area contributed by atoms with Gasteiger partial charge < -0.3 is 10.0 Å². The fourth-order valence-electron chi connectivity index (χ4n) is 2.85. The Morgan fingerprint density at radius 3 is 2.42 bits per heavy atom. The molecule has 1 N–H and O–H groups in total. The van der Waals surface area contributed by atoms with Gasteiger partial charge in [-0.3, -0.25) is 0 Å². The van der Waals surface area contributed by atoms with Crippen LogP contribution in [0.3, 0.4) is 0 Å². The maximum Gasteiger partial charge on any atom is 0.185 e. The molecule has 0 bridgehead atoms. The molecule has 108 valence electrons. The Labute approximate surface area is 120 Å². The minimum atomic E-state index is 0.112. The lowest BCUT2D eigenvalue weighted by Gasteiger charge is -2.33. The predicted molar refractivity (Wildman–Crippen MR) is 81.9 cm³/mol. The van der Waals surface area contributed by atoms with Gasteiger partial charge in [0, 0.05) is 13.1 Å². The molecular weight excluding hydrogens is 256 g/mol. The monoisotopic (exact) mass is 282 g/mol. The van der Waals surface area contributed by atoms with Crippen LogP contribution in [-0.4, -0.2) is 23.2 Å². The minimum Gasteiger partial charge on any atom is -0.391 e. The van der Waals surface area contributed by atoms with E-state index in [-0.39, 0.29) is 6.61 Å². The second-order valence-corrected chi connectivity index (χ2v) is 7.20. The van der Waals surface area contributed by atoms with Crippen molar-refractivity contribution in [2.45, 2.75) is 65.0 Å². The lowest BCUT2D eigenvalue weighted by Crippen LogP contribution is -2.34. The first-order chi connectivity index (χ1) is 9.02. The summed E-state index contributed by atoms with van der Waals surface area (Å²) in [5.74, 6) is 1.26. The Kier molecular flexibility index (Phi) is 4.85. The number of thiazole rings is 1. The zero-order valence-electron chi connectivity index (χ0n) is 12.5. The Hall–Kier alpha value is -0.610. The van der Waals surface area contributed by atoms with Crippen molar-refractivity contribution < 1.29 is 5.11 Å². The summed E-state index contributed by atoms with van der Waals surface area (Å²) in [6, 6.07) is 0.619. The topological polar surface area (TPSA) is 36.4 Å². The molecule has 1 heterocycles. The number of aliphatic hydroxyl groups excluding tert-OH is 1. The van der Waals surface area contributed by atoms with Crippen LogP contribution >= 0.6 is 11.3 Å². The van der Waals surface area contributed by atoms with E-state index < -0.39 is 0 Å². The summed E-state index contributed by atoms with van der Waals surface area (Å²) in [5, 5.41) is 10.5. The molecule has 1 aliphatic rings. The van der Waals surface area contributed by atoms with E-state index in [4.69, 9.17) is 4.98 Å². The molecule has 4 heteroatoms. The van der Waals surface area contributed by atoms with Crippen LogP contribution in [0.2, 0.25) is 0 Å². The summed E-state index contributed by atoms with van der Waals surface area (Å²) in [6.45, 7) is 6.74. The summed E-state index contributed by atoms with van der Waals surface area (Å²) in [5.41, 5.74) is 1.07. The molecule has 1 fully saturated rings. The van der Waals surface area contributed by atoms with E-state index >= 15 is 0 Å². The first-order valence-electron chi connectivity index (χ1n) is 7.36. The average Bonchev–Trinajstić information content (AvgIpc) is 2.83. The predicted octanol–water partition coefficient (Wildman–Crippen LogP) is 3.77. The van der Waals surface area contributed by atoms with Gasteiger partial charge in [-0.1, -0.05) is 32.1 Å². The first kappa shape index (κ1) is 14.8. The lowest BCUT2D eigenvalue weighted by atomic mass is 9.87. The van der Waals surface area contributed by atoms with Crippen LogP contribution in [0.5, 0.6) is 0 Å². The van der Waals surface area contributed by atoms with Gasteiger partial charge in [0.1, 0.15) is 0 Å². The van der Waals surface area contributed by atoms with Crippen LogP contribution in [0.15, 0.2) is 0 Å². The van der Waals surface area contributed by atoms with Crippen molar-refractivity contribution in [3.05, 3.63) is 10.6 Å². The largest absolute Gasteiger partial charge is 0.391 e. The van der Waals surface area contributed by atoms with E-state index in [2.05, 4.69) is 32.7 Å². The van der Waals surface area contributed by atoms with Gasteiger partial charge >= 0.3 is 0 Å². The van der Waals surface area contributed by atoms with Crippen molar-refractivity contribution >= 4 is 16.5 Å². The zero-order chi connectivity index (χ0) is 14.0. The van der Waals surface area contributed by atoms with Gasteiger partial charge in [-0.05, 0) is 37.5 Å². The quantitative estimate of drug-likeness (QED) is 0.913. The second kappa shape index (κ2) is 6.23. The van der Waals surface area contributed by atoms with E-state index in [0.717, 1.165) is 21.6 Å². The average molecular weight is 282 g/mol. The number of rotatable bonds is 4. The summed E-state index contributed by atoms with van der Waals surface area (Å²) >= 11 is 1.66. The van der Waals surface area contributed by atoms with Gasteiger partial charge in [-0.25, -0.2) is 4.98 Å². The standard InChI is InChI=1S/C15H26N2OS/c1-10(2)14-13(9-18)19-15(16-14)17(4)12-7-5-11(3)6-8-12/h10-12,18H,5-9H2,1-4H3. The van der Waals surface area contributed by atoms with E-state index in [9.17, 15) is 5.11 Å². The second-order valence-electron chi connectivity index (χ2n) is 6.14. The molecule has 0 spiro atoms. The number of hydrogen-bond donors (Lipinski definition) is 1. The zero-order valence-corrected chi connectivity index (χ0v) is 13.3. The molecule has 0 aliphatic heterocycles. The van der Waals surface area contributed by atoms with E-state index in [1.165, 1.54) is 25.7 Å². The Morgan fingerprint density at radius 2 is 1.95 bits per heavy atom. The summed E-state index contributed by atoms with van der Waals surface area (Å²) in [6.07, 6.45) is 5.18. The van der Waals surface area contributed by atoms with Crippen LogP contribution in [0.25, 0.3) is 0 Å². The molecule has 1 aromatic heterocycles. The van der Waals surface area contributed by atoms with E-state index in [0.29, 0.717) is 12.0 Å². The molecule has 1 saturated carbocycles. The SMILES string of the molecule is CC1CCC(N(C)c2nc(C(C)C)c(CO)s2)CC1. The normalized spacial score (nSPS) is 23.9. The van der Waals surface area contributed by atoms with Crippen LogP contribution in [-0.2, 0) is 6.61 Å². The number of aromatic nitrogens is 1. The van der Waals surface area contributed by atoms with Crippen molar-refractivity contribution in [3.63, 3.8) is 0 Å². The minimum absolute atomic E-state index is 0.112. The maximum atomic E-state index is 9.46. The number of aliphatic hydroxyl groups is 1. The van der Waals surface area contributed by atoms with Crippen molar-refractivity contribution in [2.24, 2.45) is 5.92 Å². The van der Waals surface area contributed by atoms with Crippen molar-refractivity contribution in [2.75, 3.05) is 11.9 Å². The van der Waals surface area contributed by atoms with Gasteiger partial charge in [-0.15, -0.1) is 0 Å². The Morgan fingerprint density at radius 1 is 1.32 bits per heavy atom.